The first-order chi connectivity index (χ1) is 14.3. The number of aryl methyl sites for hydroxylation is 1. The molecule has 0 fully saturated rings. The molecule has 1 heterocycles. The minimum atomic E-state index is -0.319. The summed E-state index contributed by atoms with van der Waals surface area (Å²) in [6, 6.07) is 16.3. The summed E-state index contributed by atoms with van der Waals surface area (Å²) in [4.78, 5) is 17.2. The number of pyridine rings is 1. The Hall–Kier alpha value is -3.25. The molecule has 1 atom stereocenters. The normalized spacial score (nSPS) is 11.9. The maximum absolute atomic E-state index is 13.0. The molecule has 0 radical (unpaired) electrons. The van der Waals surface area contributed by atoms with Gasteiger partial charge in [-0.2, -0.15) is 0 Å². The molecule has 0 saturated carbocycles. The lowest BCUT2D eigenvalue weighted by atomic mass is 10.1. The molecule has 0 saturated heterocycles. The van der Waals surface area contributed by atoms with Crippen molar-refractivity contribution in [1.29, 1.82) is 0 Å². The molecule has 156 valence electrons. The second kappa shape index (κ2) is 9.50. The van der Waals surface area contributed by atoms with E-state index in [-0.39, 0.29) is 23.9 Å². The quantitative estimate of drug-likeness (QED) is 0.516. The van der Waals surface area contributed by atoms with E-state index in [1.165, 1.54) is 12.1 Å². The van der Waals surface area contributed by atoms with Crippen LogP contribution in [0, 0.1) is 12.7 Å². The first-order valence-corrected chi connectivity index (χ1v) is 9.79. The molecule has 6 heteroatoms. The molecule has 1 unspecified atom stereocenters. The average molecular weight is 408 g/mol. The zero-order chi connectivity index (χ0) is 21.7. The Morgan fingerprint density at radius 1 is 0.933 bits per heavy atom. The average Bonchev–Trinajstić information content (AvgIpc) is 2.70. The third-order valence-electron chi connectivity index (χ3n) is 4.41. The largest absolute Gasteiger partial charge is 0.457 e. The maximum atomic E-state index is 13.0. The summed E-state index contributed by atoms with van der Waals surface area (Å²) in [6.45, 7) is 7.69. The van der Waals surface area contributed by atoms with Crippen molar-refractivity contribution < 1.29 is 18.7 Å². The van der Waals surface area contributed by atoms with Gasteiger partial charge in [-0.3, -0.25) is 9.78 Å². The summed E-state index contributed by atoms with van der Waals surface area (Å²) in [6.07, 6.45) is -0.0467. The zero-order valence-electron chi connectivity index (χ0n) is 17.5. The predicted molar refractivity (Wildman–Crippen MR) is 114 cm³/mol. The van der Waals surface area contributed by atoms with Crippen molar-refractivity contribution in [3.05, 3.63) is 83.4 Å². The number of carbonyl (C=O) groups excluding carboxylic acids is 1. The van der Waals surface area contributed by atoms with Crippen LogP contribution in [0.25, 0.3) is 0 Å². The first kappa shape index (κ1) is 21.5. The molecule has 0 aliphatic heterocycles. The van der Waals surface area contributed by atoms with Gasteiger partial charge < -0.3 is 14.8 Å². The predicted octanol–water partition coefficient (Wildman–Crippen LogP) is 6.06. The number of aromatic nitrogens is 1. The fraction of sp³-hybridized carbons (Fsp3) is 0.250. The second-order valence-corrected chi connectivity index (χ2v) is 7.23. The van der Waals surface area contributed by atoms with Crippen LogP contribution in [0.1, 0.15) is 48.6 Å². The highest BCUT2D eigenvalue weighted by Gasteiger charge is 2.15. The summed E-state index contributed by atoms with van der Waals surface area (Å²) in [5, 5.41) is 2.86. The van der Waals surface area contributed by atoms with E-state index < -0.39 is 0 Å². The van der Waals surface area contributed by atoms with Gasteiger partial charge in [0.05, 0.1) is 29.2 Å². The van der Waals surface area contributed by atoms with Crippen molar-refractivity contribution in [1.82, 2.24) is 4.98 Å². The minimum absolute atomic E-state index is 0.0973. The maximum Gasteiger partial charge on any atom is 0.257 e. The van der Waals surface area contributed by atoms with Gasteiger partial charge in [0.15, 0.2) is 0 Å². The van der Waals surface area contributed by atoms with Crippen molar-refractivity contribution in [3.8, 4) is 11.5 Å². The van der Waals surface area contributed by atoms with Gasteiger partial charge in [0, 0.05) is 5.69 Å². The number of amides is 1. The number of nitrogens with zero attached hydrogens (tertiary/aromatic N) is 1. The van der Waals surface area contributed by atoms with Crippen LogP contribution in [0.4, 0.5) is 10.1 Å². The van der Waals surface area contributed by atoms with Crippen molar-refractivity contribution in [2.75, 3.05) is 5.32 Å². The molecule has 0 spiro atoms. The number of carbonyl (C=O) groups is 1. The summed E-state index contributed by atoms with van der Waals surface area (Å²) in [5.74, 6) is 0.558. The van der Waals surface area contributed by atoms with Crippen LogP contribution in [-0.2, 0) is 4.74 Å². The number of rotatable bonds is 7. The number of benzene rings is 2. The molecule has 1 amide bonds. The zero-order valence-corrected chi connectivity index (χ0v) is 17.5. The lowest BCUT2D eigenvalue weighted by molar-refractivity contribution is 0.0154. The Morgan fingerprint density at radius 3 is 2.10 bits per heavy atom. The molecule has 0 bridgehead atoms. The van der Waals surface area contributed by atoms with Crippen LogP contribution < -0.4 is 10.1 Å². The van der Waals surface area contributed by atoms with Crippen molar-refractivity contribution >= 4 is 11.6 Å². The molecular weight excluding hydrogens is 383 g/mol. The molecule has 5 nitrogen and oxygen atoms in total. The second-order valence-electron chi connectivity index (χ2n) is 7.23. The molecule has 30 heavy (non-hydrogen) atoms. The fourth-order valence-corrected chi connectivity index (χ4v) is 2.97. The number of anilines is 1. The van der Waals surface area contributed by atoms with E-state index in [2.05, 4.69) is 10.3 Å². The third kappa shape index (κ3) is 5.64. The Morgan fingerprint density at radius 2 is 1.53 bits per heavy atom. The molecule has 3 rings (SSSR count). The van der Waals surface area contributed by atoms with Crippen LogP contribution >= 0.6 is 0 Å². The van der Waals surface area contributed by atoms with Crippen LogP contribution in [-0.4, -0.2) is 17.0 Å². The van der Waals surface area contributed by atoms with Gasteiger partial charge in [-0.25, -0.2) is 4.39 Å². The number of halogens is 1. The highest BCUT2D eigenvalue weighted by Crippen LogP contribution is 2.24. The minimum Gasteiger partial charge on any atom is -0.457 e. The topological polar surface area (TPSA) is 60.5 Å². The molecule has 1 N–H and O–H groups in total. The lowest BCUT2D eigenvalue weighted by Gasteiger charge is -2.17. The van der Waals surface area contributed by atoms with Gasteiger partial charge >= 0.3 is 0 Å². The monoisotopic (exact) mass is 408 g/mol. The van der Waals surface area contributed by atoms with Crippen LogP contribution in [0.2, 0.25) is 0 Å². The molecule has 1 aromatic heterocycles. The Balaban J connectivity index is 1.64. The van der Waals surface area contributed by atoms with Crippen LogP contribution in [0.5, 0.6) is 11.5 Å². The van der Waals surface area contributed by atoms with E-state index in [1.807, 2.05) is 26.8 Å². The van der Waals surface area contributed by atoms with E-state index in [0.717, 1.165) is 5.69 Å². The Labute approximate surface area is 175 Å². The van der Waals surface area contributed by atoms with Gasteiger partial charge in [0.25, 0.3) is 5.91 Å². The van der Waals surface area contributed by atoms with Gasteiger partial charge in [-0.15, -0.1) is 0 Å². The van der Waals surface area contributed by atoms with Gasteiger partial charge in [-0.1, -0.05) is 0 Å². The highest BCUT2D eigenvalue weighted by atomic mass is 19.1. The summed E-state index contributed by atoms with van der Waals surface area (Å²) >= 11 is 0. The van der Waals surface area contributed by atoms with E-state index in [9.17, 15) is 9.18 Å². The van der Waals surface area contributed by atoms with Crippen molar-refractivity contribution in [3.63, 3.8) is 0 Å². The molecule has 0 aliphatic carbocycles. The van der Waals surface area contributed by atoms with Gasteiger partial charge in [-0.05, 0) is 88.4 Å². The number of nitrogens with one attached hydrogen (secondary N) is 1. The lowest BCUT2D eigenvalue weighted by Crippen LogP contribution is -2.16. The fourth-order valence-electron chi connectivity index (χ4n) is 2.97. The third-order valence-corrected chi connectivity index (χ3v) is 4.41. The van der Waals surface area contributed by atoms with Crippen LogP contribution in [0.15, 0.2) is 60.7 Å². The molecule has 2 aromatic carbocycles. The first-order valence-electron chi connectivity index (χ1n) is 9.79. The van der Waals surface area contributed by atoms with Crippen molar-refractivity contribution in [2.45, 2.75) is 39.9 Å². The Bertz CT molecular complexity index is 1000. The van der Waals surface area contributed by atoms with Gasteiger partial charge in [0.1, 0.15) is 17.3 Å². The van der Waals surface area contributed by atoms with E-state index in [4.69, 9.17) is 9.47 Å². The smallest absolute Gasteiger partial charge is 0.257 e. The molecule has 0 aliphatic rings. The van der Waals surface area contributed by atoms with Crippen LogP contribution in [0.3, 0.4) is 0 Å². The highest BCUT2D eigenvalue weighted by molar-refractivity contribution is 6.05. The standard InChI is InChI=1S/C24H25FN2O3/c1-15(2)29-17(4)23-14-13-22(16(3)26-23)24(28)27-19-7-11-21(12-8-19)30-20-9-5-18(25)6-10-20/h5-15,17H,1-4H3,(H,27,28). The van der Waals surface area contributed by atoms with E-state index in [1.54, 1.807) is 49.4 Å². The van der Waals surface area contributed by atoms with Gasteiger partial charge in [0.2, 0.25) is 0 Å². The van der Waals surface area contributed by atoms with Crippen molar-refractivity contribution in [2.24, 2.45) is 0 Å². The summed E-state index contributed by atoms with van der Waals surface area (Å²) in [5.41, 5.74) is 2.56. The number of ether oxygens (including phenoxy) is 2. The summed E-state index contributed by atoms with van der Waals surface area (Å²) < 4.78 is 24.4. The SMILES string of the molecule is Cc1nc(C(C)OC(C)C)ccc1C(=O)Nc1ccc(Oc2ccc(F)cc2)cc1. The van der Waals surface area contributed by atoms with E-state index in [0.29, 0.717) is 28.4 Å². The summed E-state index contributed by atoms with van der Waals surface area (Å²) in [7, 11) is 0. The number of hydrogen-bond donors (Lipinski definition) is 1. The Kier molecular flexibility index (Phi) is 6.79. The molecular formula is C24H25FN2O3. The van der Waals surface area contributed by atoms with E-state index >= 15 is 0 Å². The number of hydrogen-bond acceptors (Lipinski definition) is 4. The molecule has 3 aromatic rings.